The van der Waals surface area contributed by atoms with Gasteiger partial charge < -0.3 is 34.5 Å². The number of ether oxygens (including phenoxy) is 4. The van der Waals surface area contributed by atoms with Crippen LogP contribution in [0.25, 0.3) is 0 Å². The van der Waals surface area contributed by atoms with Crippen molar-refractivity contribution in [1.29, 1.82) is 0 Å². The van der Waals surface area contributed by atoms with Crippen LogP contribution in [0.4, 0.5) is 0 Å². The van der Waals surface area contributed by atoms with Crippen LogP contribution in [0.1, 0.15) is 112 Å². The molecule has 0 bridgehead atoms. The Morgan fingerprint density at radius 2 is 1.41 bits per heavy atom. The maximum atomic E-state index is 14.4. The number of Topliss-reactive ketones (excluding diaryl/α,β-unsaturated/α-hetero) is 1. The molecule has 1 heterocycles. The zero-order valence-corrected chi connectivity index (χ0v) is 48.1. The average molecular weight is 1080 g/mol. The summed E-state index contributed by atoms with van der Waals surface area (Å²) >= 11 is 1.46. The second kappa shape index (κ2) is 29.2. The quantitative estimate of drug-likeness (QED) is 0.0439. The van der Waals surface area contributed by atoms with E-state index in [0.29, 0.717) is 76.5 Å². The Balaban J connectivity index is 1.15. The number of carbonyl (C=O) groups is 6. The number of carbonyl (C=O) groups excluding carboxylic acids is 6. The van der Waals surface area contributed by atoms with Crippen LogP contribution in [0, 0.1) is 30.1 Å². The molecule has 1 unspecified atom stereocenters. The molecular formula is C56H85N5O12S2. The van der Waals surface area contributed by atoms with Crippen LogP contribution in [0.5, 0.6) is 5.75 Å². The molecule has 5 amide bonds. The third-order valence-corrected chi connectivity index (χ3v) is 16.7. The lowest BCUT2D eigenvalue weighted by Gasteiger charge is -2.40. The molecule has 1 aliphatic heterocycles. The van der Waals surface area contributed by atoms with Crippen LogP contribution in [-0.4, -0.2) is 150 Å². The van der Waals surface area contributed by atoms with Crippen LogP contribution < -0.4 is 20.1 Å². The van der Waals surface area contributed by atoms with E-state index in [0.717, 1.165) is 36.8 Å². The summed E-state index contributed by atoms with van der Waals surface area (Å²) in [5, 5.41) is 5.83. The van der Waals surface area contributed by atoms with Crippen molar-refractivity contribution in [3.8, 4) is 5.75 Å². The number of aryl methyl sites for hydroxylation is 1. The summed E-state index contributed by atoms with van der Waals surface area (Å²) in [4.78, 5) is 82.4. The molecule has 0 radical (unpaired) electrons. The van der Waals surface area contributed by atoms with Gasteiger partial charge in [-0.3, -0.25) is 33.7 Å². The number of rotatable bonds is 30. The molecule has 75 heavy (non-hydrogen) atoms. The van der Waals surface area contributed by atoms with Gasteiger partial charge in [-0.25, -0.2) is 13.1 Å². The molecule has 1 saturated heterocycles. The number of nitrogens with zero attached hydrogens (tertiary/aromatic N) is 2. The topological polar surface area (TPSA) is 216 Å². The van der Waals surface area contributed by atoms with Gasteiger partial charge in [0.15, 0.2) is 0 Å². The Morgan fingerprint density at radius 3 is 1.96 bits per heavy atom. The molecule has 1 saturated carbocycles. The molecule has 19 heteroatoms. The smallest absolute Gasteiger partial charge is 0.264 e. The summed E-state index contributed by atoms with van der Waals surface area (Å²) in [6, 6.07) is 11.3. The van der Waals surface area contributed by atoms with E-state index >= 15 is 0 Å². The fourth-order valence-corrected chi connectivity index (χ4v) is 11.5. The lowest BCUT2D eigenvalue weighted by Crippen LogP contribution is -2.61. The molecule has 3 N–H and O–H groups in total. The Morgan fingerprint density at radius 1 is 0.840 bits per heavy atom. The van der Waals surface area contributed by atoms with Crippen LogP contribution >= 0.6 is 11.8 Å². The SMILES string of the molecule is CCC(=O)C1CCC(CN2C(=O)CC(SCCOCCOCCOCCOc3ccc(C(C)(C)[C@H](NC)C(=O)N[C@H](C(=O)N(C)[C@H](/C=C(\C)C(=O)NS(=O)(=O)c4ccc(C)cc4)C(C)C)C(C)(C)C)cc3)C2=O)CC1. The zero-order valence-electron chi connectivity index (χ0n) is 46.5. The highest BCUT2D eigenvalue weighted by Gasteiger charge is 2.43. The summed E-state index contributed by atoms with van der Waals surface area (Å²) in [5.41, 5.74) is 0.391. The Bertz CT molecular complexity index is 2360. The van der Waals surface area contributed by atoms with Crippen molar-refractivity contribution in [3.05, 3.63) is 71.3 Å². The largest absolute Gasteiger partial charge is 0.491 e. The van der Waals surface area contributed by atoms with Gasteiger partial charge in [-0.05, 0) is 93.7 Å². The number of hydrogen-bond acceptors (Lipinski definition) is 14. The molecular weight excluding hydrogens is 999 g/mol. The zero-order chi connectivity index (χ0) is 55.7. The predicted molar refractivity (Wildman–Crippen MR) is 292 cm³/mol. The minimum Gasteiger partial charge on any atom is -0.491 e. The molecule has 4 rings (SSSR count). The van der Waals surface area contributed by atoms with E-state index in [1.54, 1.807) is 32.3 Å². The van der Waals surface area contributed by atoms with Crippen LogP contribution in [0.3, 0.4) is 0 Å². The van der Waals surface area contributed by atoms with E-state index < -0.39 is 44.9 Å². The molecule has 2 aromatic carbocycles. The number of hydrogen-bond donors (Lipinski definition) is 3. The van der Waals surface area contributed by atoms with Gasteiger partial charge in [0, 0.05) is 49.1 Å². The minimum atomic E-state index is -4.13. The highest BCUT2D eigenvalue weighted by Crippen LogP contribution is 2.34. The molecule has 1 aliphatic carbocycles. The molecule has 4 atom stereocenters. The maximum Gasteiger partial charge on any atom is 0.264 e. The molecule has 2 fully saturated rings. The first-order valence-electron chi connectivity index (χ1n) is 26.3. The van der Waals surface area contributed by atoms with E-state index in [1.165, 1.54) is 40.6 Å². The maximum absolute atomic E-state index is 14.4. The average Bonchev–Trinajstić information content (AvgIpc) is 3.62. The van der Waals surface area contributed by atoms with Crippen molar-refractivity contribution in [2.24, 2.45) is 23.2 Å². The number of imide groups is 1. The molecule has 2 aliphatic rings. The van der Waals surface area contributed by atoms with Gasteiger partial charge in [0.25, 0.3) is 15.9 Å². The summed E-state index contributed by atoms with van der Waals surface area (Å²) in [7, 11) is -0.818. The van der Waals surface area contributed by atoms with Gasteiger partial charge in [-0.2, -0.15) is 0 Å². The number of sulfonamides is 1. The molecule has 0 spiro atoms. The van der Waals surface area contributed by atoms with Gasteiger partial charge in [0.2, 0.25) is 23.6 Å². The second-order valence-electron chi connectivity index (χ2n) is 21.7. The van der Waals surface area contributed by atoms with Crippen molar-refractivity contribution >= 4 is 57.1 Å². The number of amides is 5. The summed E-state index contributed by atoms with van der Waals surface area (Å²) in [5.74, 6) is -0.0121. The first kappa shape index (κ1) is 62.9. The number of likely N-dealkylation sites (N-methyl/N-ethyl adjacent to an activating group) is 2. The van der Waals surface area contributed by atoms with E-state index in [1.807, 2.05) is 86.6 Å². The minimum absolute atomic E-state index is 0.0395. The highest BCUT2D eigenvalue weighted by atomic mass is 32.2. The third kappa shape index (κ3) is 18.5. The normalized spacial score (nSPS) is 18.9. The monoisotopic (exact) mass is 1080 g/mol. The van der Waals surface area contributed by atoms with E-state index in [4.69, 9.17) is 18.9 Å². The first-order valence-corrected chi connectivity index (χ1v) is 28.9. The number of likely N-dealkylation sites (tertiary alicyclic amines) is 1. The predicted octanol–water partition coefficient (Wildman–Crippen LogP) is 6.40. The van der Waals surface area contributed by atoms with Crippen molar-refractivity contribution in [2.75, 3.05) is 72.6 Å². The fourth-order valence-electron chi connectivity index (χ4n) is 9.45. The second-order valence-corrected chi connectivity index (χ2v) is 24.7. The van der Waals surface area contributed by atoms with Gasteiger partial charge in [-0.15, -0.1) is 11.8 Å². The van der Waals surface area contributed by atoms with Crippen LogP contribution in [-0.2, 0) is 58.4 Å². The first-order chi connectivity index (χ1) is 35.3. The standard InChI is InChI=1S/C56H85N5O12S2/c1-13-46(62)41-18-16-40(17-19-41)36-61-48(63)35-47(53(61)66)74-33-32-72-29-28-70-26-27-71-30-31-73-43-22-20-42(21-23-43)56(9,10)49(57-11)52(65)58-50(55(6,7)8)54(67)60(12)45(37(2)3)34-39(5)51(64)59-75(68,69)44-24-14-38(4)15-25-44/h14-15,20-25,34,37,40-41,45,47,49-50,57H,13,16-19,26-33,35-36H2,1-12H3,(H,58,65)(H,59,64)/b39-34+/t40?,41?,45-,47?,49-,50-/m1/s1. The lowest BCUT2D eigenvalue weighted by atomic mass is 9.76. The van der Waals surface area contributed by atoms with E-state index in [9.17, 15) is 37.2 Å². The van der Waals surface area contributed by atoms with Gasteiger partial charge >= 0.3 is 0 Å². The highest BCUT2D eigenvalue weighted by molar-refractivity contribution is 8.00. The number of thioether (sulfide) groups is 1. The molecule has 17 nitrogen and oxygen atoms in total. The molecule has 0 aromatic heterocycles. The van der Waals surface area contributed by atoms with Crippen molar-refractivity contribution < 1.29 is 56.1 Å². The Hall–Kier alpha value is -4.66. The van der Waals surface area contributed by atoms with Crippen LogP contribution in [0.2, 0.25) is 0 Å². The summed E-state index contributed by atoms with van der Waals surface area (Å²) in [6.07, 6.45) is 5.81. The Labute approximate surface area is 450 Å². The van der Waals surface area contributed by atoms with Crippen molar-refractivity contribution in [3.63, 3.8) is 0 Å². The van der Waals surface area contributed by atoms with Crippen LogP contribution in [0.15, 0.2) is 65.1 Å². The lowest BCUT2D eigenvalue weighted by molar-refractivity contribution is -0.141. The summed E-state index contributed by atoms with van der Waals surface area (Å²) < 4.78 is 51.0. The number of benzene rings is 2. The number of nitrogens with one attached hydrogen (secondary N) is 3. The molecule has 2 aromatic rings. The fraction of sp³-hybridized carbons (Fsp3) is 0.643. The van der Waals surface area contributed by atoms with Crippen molar-refractivity contribution in [1.82, 2.24) is 25.2 Å². The van der Waals surface area contributed by atoms with Crippen molar-refractivity contribution in [2.45, 2.75) is 141 Å². The molecule has 418 valence electrons. The number of ketones is 1. The Kier molecular flexibility index (Phi) is 24.5. The summed E-state index contributed by atoms with van der Waals surface area (Å²) in [6.45, 7) is 21.6. The van der Waals surface area contributed by atoms with Gasteiger partial charge in [0.05, 0.1) is 61.9 Å². The van der Waals surface area contributed by atoms with Gasteiger partial charge in [0.1, 0.15) is 24.2 Å². The van der Waals surface area contributed by atoms with E-state index in [2.05, 4.69) is 15.4 Å². The third-order valence-electron chi connectivity index (χ3n) is 14.2. The van der Waals surface area contributed by atoms with Gasteiger partial charge in [-0.1, -0.05) is 91.3 Å². The van der Waals surface area contributed by atoms with E-state index in [-0.39, 0.29) is 63.5 Å².